The first-order chi connectivity index (χ1) is 19.0. The molecule has 0 aliphatic rings. The zero-order valence-electron chi connectivity index (χ0n) is 22.0. The Morgan fingerprint density at radius 1 is 0.949 bits per heavy atom. The fourth-order valence-corrected chi connectivity index (χ4v) is 5.30. The van der Waals surface area contributed by atoms with Gasteiger partial charge in [0.25, 0.3) is 5.56 Å². The molecule has 0 spiro atoms. The highest BCUT2D eigenvalue weighted by molar-refractivity contribution is 7.15. The van der Waals surface area contributed by atoms with Gasteiger partial charge in [0.05, 0.1) is 16.8 Å². The first-order valence-corrected chi connectivity index (χ1v) is 13.7. The molecule has 0 aliphatic carbocycles. The van der Waals surface area contributed by atoms with Crippen molar-refractivity contribution in [1.29, 1.82) is 0 Å². The van der Waals surface area contributed by atoms with Crippen LogP contribution in [0.2, 0.25) is 0 Å². The highest BCUT2D eigenvalue weighted by atomic mass is 32.1. The summed E-state index contributed by atoms with van der Waals surface area (Å²) in [7, 11) is 0. The van der Waals surface area contributed by atoms with Gasteiger partial charge in [-0.3, -0.25) is 4.79 Å². The van der Waals surface area contributed by atoms with Gasteiger partial charge in [0.1, 0.15) is 11.4 Å². The van der Waals surface area contributed by atoms with E-state index in [1.807, 2.05) is 97.5 Å². The van der Waals surface area contributed by atoms with E-state index in [-0.39, 0.29) is 5.56 Å². The Hall–Kier alpha value is -4.56. The lowest BCUT2D eigenvalue weighted by Gasteiger charge is -2.09. The third-order valence-electron chi connectivity index (χ3n) is 6.45. The fraction of sp³-hybridized carbons (Fsp3) is 0.161. The van der Waals surface area contributed by atoms with Crippen molar-refractivity contribution in [2.45, 2.75) is 27.2 Å². The highest BCUT2D eigenvalue weighted by Gasteiger charge is 2.16. The molecular weight excluding hydrogens is 506 g/mol. The summed E-state index contributed by atoms with van der Waals surface area (Å²) >= 11 is 1.33. The number of aryl methyl sites for hydroxylation is 2. The molecule has 0 N–H and O–H groups in total. The number of para-hydroxylation sites is 1. The molecule has 0 radical (unpaired) electrons. The quantitative estimate of drug-likeness (QED) is 0.266. The van der Waals surface area contributed by atoms with Crippen molar-refractivity contribution in [3.63, 3.8) is 0 Å². The van der Waals surface area contributed by atoms with Crippen molar-refractivity contribution in [1.82, 2.24) is 24.4 Å². The molecule has 6 aromatic rings. The van der Waals surface area contributed by atoms with Gasteiger partial charge in [-0.25, -0.2) is 4.68 Å². The van der Waals surface area contributed by atoms with Gasteiger partial charge in [0.2, 0.25) is 4.96 Å². The maximum absolute atomic E-state index is 13.4. The van der Waals surface area contributed by atoms with Crippen LogP contribution in [0.5, 0.6) is 5.75 Å². The van der Waals surface area contributed by atoms with Crippen molar-refractivity contribution in [2.75, 3.05) is 6.61 Å². The Morgan fingerprint density at radius 2 is 1.72 bits per heavy atom. The molecule has 8 heteroatoms. The Labute approximate surface area is 229 Å². The van der Waals surface area contributed by atoms with E-state index >= 15 is 0 Å². The summed E-state index contributed by atoms with van der Waals surface area (Å²) in [5.74, 6) is 1.41. The van der Waals surface area contributed by atoms with Crippen molar-refractivity contribution in [3.8, 4) is 34.1 Å². The number of thiazole rings is 1. The standard InChI is InChI=1S/C31H27N5O2S/c1-4-16-38-26-15-14-23(17-21(26)3)28-24(19-35(33-28)25-8-6-5-7-9-25)18-27-30(37)36-31(39-27)32-29(34-36)22-12-10-20(2)11-13-22/h5-15,17-19H,4,16H2,1-3H3/b27-18-. The molecule has 0 fully saturated rings. The molecule has 39 heavy (non-hydrogen) atoms. The molecule has 0 saturated heterocycles. The second kappa shape index (κ2) is 10.3. The molecule has 0 amide bonds. The van der Waals surface area contributed by atoms with E-state index in [1.165, 1.54) is 15.9 Å². The van der Waals surface area contributed by atoms with Gasteiger partial charge in [-0.15, -0.1) is 5.10 Å². The second-order valence-electron chi connectivity index (χ2n) is 9.45. The van der Waals surface area contributed by atoms with Crippen LogP contribution in [0.1, 0.15) is 30.0 Å². The van der Waals surface area contributed by atoms with Crippen LogP contribution < -0.4 is 14.8 Å². The topological polar surface area (TPSA) is 74.3 Å². The number of ether oxygens (including phenoxy) is 1. The van der Waals surface area contributed by atoms with Gasteiger partial charge in [-0.1, -0.05) is 66.3 Å². The molecule has 0 saturated carbocycles. The van der Waals surface area contributed by atoms with E-state index in [1.54, 1.807) is 0 Å². The van der Waals surface area contributed by atoms with Crippen LogP contribution in [-0.4, -0.2) is 31.0 Å². The maximum atomic E-state index is 13.4. The minimum Gasteiger partial charge on any atom is -0.493 e. The summed E-state index contributed by atoms with van der Waals surface area (Å²) in [6, 6.07) is 24.0. The van der Waals surface area contributed by atoms with E-state index in [0.29, 0.717) is 21.9 Å². The summed E-state index contributed by atoms with van der Waals surface area (Å²) in [5.41, 5.74) is 6.38. The Morgan fingerprint density at radius 3 is 2.44 bits per heavy atom. The van der Waals surface area contributed by atoms with Crippen LogP contribution in [0.25, 0.3) is 39.4 Å². The van der Waals surface area contributed by atoms with Crippen LogP contribution in [0, 0.1) is 13.8 Å². The van der Waals surface area contributed by atoms with Crippen molar-refractivity contribution in [3.05, 3.63) is 111 Å². The van der Waals surface area contributed by atoms with Crippen LogP contribution >= 0.6 is 11.3 Å². The third-order valence-corrected chi connectivity index (χ3v) is 7.41. The van der Waals surface area contributed by atoms with Gasteiger partial charge in [-0.2, -0.15) is 14.6 Å². The number of hydrogen-bond acceptors (Lipinski definition) is 6. The number of benzene rings is 3. The largest absolute Gasteiger partial charge is 0.493 e. The van der Waals surface area contributed by atoms with Gasteiger partial charge in [-0.05, 0) is 62.2 Å². The van der Waals surface area contributed by atoms with E-state index in [9.17, 15) is 4.79 Å². The number of aromatic nitrogens is 5. The van der Waals surface area contributed by atoms with E-state index in [2.05, 4.69) is 23.1 Å². The molecule has 3 aromatic heterocycles. The Bertz CT molecular complexity index is 1890. The molecule has 0 unspecified atom stereocenters. The molecular formula is C31H27N5O2S. The van der Waals surface area contributed by atoms with Crippen LogP contribution in [0.4, 0.5) is 0 Å². The summed E-state index contributed by atoms with van der Waals surface area (Å²) in [6.07, 6.45) is 4.78. The SMILES string of the molecule is CCCOc1ccc(-c2nn(-c3ccccc3)cc2/C=c2\sc3nc(-c4ccc(C)cc4)nn3c2=O)cc1C. The van der Waals surface area contributed by atoms with E-state index < -0.39 is 0 Å². The molecule has 3 heterocycles. The second-order valence-corrected chi connectivity index (χ2v) is 10.5. The van der Waals surface area contributed by atoms with Crippen molar-refractivity contribution in [2.24, 2.45) is 0 Å². The summed E-state index contributed by atoms with van der Waals surface area (Å²) < 4.78 is 9.65. The summed E-state index contributed by atoms with van der Waals surface area (Å²) in [6.45, 7) is 6.83. The van der Waals surface area contributed by atoms with Crippen molar-refractivity contribution < 1.29 is 4.74 Å². The van der Waals surface area contributed by atoms with Crippen LogP contribution in [0.15, 0.2) is 83.8 Å². The van der Waals surface area contributed by atoms with Crippen molar-refractivity contribution >= 4 is 22.4 Å². The number of nitrogens with zero attached hydrogens (tertiary/aromatic N) is 5. The smallest absolute Gasteiger partial charge is 0.291 e. The lowest BCUT2D eigenvalue weighted by atomic mass is 10.0. The first-order valence-electron chi connectivity index (χ1n) is 12.9. The summed E-state index contributed by atoms with van der Waals surface area (Å²) in [4.78, 5) is 18.5. The molecule has 0 aliphatic heterocycles. The molecule has 0 bridgehead atoms. The number of hydrogen-bond donors (Lipinski definition) is 0. The fourth-order valence-electron chi connectivity index (χ4n) is 4.40. The van der Waals surface area contributed by atoms with Crippen LogP contribution in [-0.2, 0) is 0 Å². The average Bonchev–Trinajstić information content (AvgIpc) is 3.64. The summed E-state index contributed by atoms with van der Waals surface area (Å²) in [5, 5.41) is 9.42. The van der Waals surface area contributed by atoms with Gasteiger partial charge < -0.3 is 4.74 Å². The molecule has 7 nitrogen and oxygen atoms in total. The number of fused-ring (bicyclic) bond motifs is 1. The molecule has 0 atom stereocenters. The Kier molecular flexibility index (Phi) is 6.54. The van der Waals surface area contributed by atoms with E-state index in [0.717, 1.165) is 51.4 Å². The zero-order chi connectivity index (χ0) is 26.9. The molecule has 6 rings (SSSR count). The lowest BCUT2D eigenvalue weighted by Crippen LogP contribution is -2.23. The van der Waals surface area contributed by atoms with Gasteiger partial charge in [0.15, 0.2) is 5.82 Å². The lowest BCUT2D eigenvalue weighted by molar-refractivity contribution is 0.315. The predicted molar refractivity (Wildman–Crippen MR) is 156 cm³/mol. The van der Waals surface area contributed by atoms with Gasteiger partial charge >= 0.3 is 0 Å². The normalized spacial score (nSPS) is 11.9. The highest BCUT2D eigenvalue weighted by Crippen LogP contribution is 2.29. The minimum atomic E-state index is -0.196. The Balaban J connectivity index is 1.45. The molecule has 3 aromatic carbocycles. The molecule has 194 valence electrons. The zero-order valence-corrected chi connectivity index (χ0v) is 22.8. The van der Waals surface area contributed by atoms with Crippen LogP contribution in [0.3, 0.4) is 0 Å². The monoisotopic (exact) mass is 533 g/mol. The minimum absolute atomic E-state index is 0.196. The average molecular weight is 534 g/mol. The third kappa shape index (κ3) is 4.86. The predicted octanol–water partition coefficient (Wildman–Crippen LogP) is 5.62. The maximum Gasteiger partial charge on any atom is 0.291 e. The van der Waals surface area contributed by atoms with E-state index in [4.69, 9.17) is 9.84 Å². The number of rotatable bonds is 7. The first kappa shape index (κ1) is 24.8. The van der Waals surface area contributed by atoms with Gasteiger partial charge in [0, 0.05) is 22.9 Å².